The first kappa shape index (κ1) is 26.2. The largest absolute Gasteiger partial charge is 0.504 e. The molecule has 1 aromatic rings. The van der Waals surface area contributed by atoms with Gasteiger partial charge in [0.25, 0.3) is 0 Å². The van der Waals surface area contributed by atoms with Gasteiger partial charge in [-0.25, -0.2) is 9.59 Å². The van der Waals surface area contributed by atoms with Gasteiger partial charge in [0.15, 0.2) is 23.4 Å². The minimum atomic E-state index is -2.16. The third-order valence-corrected chi connectivity index (χ3v) is 10.6. The molecule has 6 rings (SSSR count). The van der Waals surface area contributed by atoms with Gasteiger partial charge in [0.1, 0.15) is 6.10 Å². The highest BCUT2D eigenvalue weighted by Crippen LogP contribution is 2.74. The molecule has 10 heteroatoms. The molecule has 4 aliphatic carbocycles. The number of hydrogen-bond donors (Lipinski definition) is 3. The summed E-state index contributed by atoms with van der Waals surface area (Å²) in [6, 6.07) is 8.12. The Kier molecular flexibility index (Phi) is 5.67. The Bertz CT molecular complexity index is 1300. The summed E-state index contributed by atoms with van der Waals surface area (Å²) in [7, 11) is 1.12. The predicted molar refractivity (Wildman–Crippen MR) is 132 cm³/mol. The van der Waals surface area contributed by atoms with Gasteiger partial charge in [0.2, 0.25) is 5.60 Å². The molecule has 39 heavy (non-hydrogen) atoms. The van der Waals surface area contributed by atoms with Gasteiger partial charge in [-0.2, -0.15) is 0 Å². The fourth-order valence-electron chi connectivity index (χ4n) is 9.15. The van der Waals surface area contributed by atoms with E-state index in [1.165, 1.54) is 0 Å². The summed E-state index contributed by atoms with van der Waals surface area (Å²) < 4.78 is 17.1. The second kappa shape index (κ2) is 8.46. The number of esters is 2. The summed E-state index contributed by atoms with van der Waals surface area (Å²) in [4.78, 5) is 53.3. The molecule has 5 aliphatic rings. The molecule has 10 atom stereocenters. The average molecular weight is 541 g/mol. The molecule has 208 valence electrons. The quantitative estimate of drug-likeness (QED) is 0.481. The van der Waals surface area contributed by atoms with E-state index in [-0.39, 0.29) is 36.7 Å². The lowest BCUT2D eigenvalue weighted by Crippen LogP contribution is -2.77. The van der Waals surface area contributed by atoms with E-state index >= 15 is 0 Å². The van der Waals surface area contributed by atoms with Crippen LogP contribution in [-0.4, -0.2) is 76.5 Å². The number of aliphatic hydroxyl groups excluding tert-OH is 3. The van der Waals surface area contributed by atoms with Gasteiger partial charge in [-0.3, -0.25) is 9.59 Å². The first-order valence-corrected chi connectivity index (χ1v) is 13.2. The van der Waals surface area contributed by atoms with Gasteiger partial charge in [-0.1, -0.05) is 25.1 Å². The van der Waals surface area contributed by atoms with Crippen LogP contribution in [0.2, 0.25) is 0 Å². The van der Waals surface area contributed by atoms with Crippen molar-refractivity contribution in [2.75, 3.05) is 13.7 Å². The molecule has 0 unspecified atom stereocenters. The Morgan fingerprint density at radius 1 is 1.10 bits per heavy atom. The smallest absolute Gasteiger partial charge is 0.341 e. The Morgan fingerprint density at radius 3 is 2.46 bits per heavy atom. The molecule has 3 saturated carbocycles. The van der Waals surface area contributed by atoms with Crippen molar-refractivity contribution < 1.29 is 48.7 Å². The van der Waals surface area contributed by atoms with Gasteiger partial charge in [0, 0.05) is 24.2 Å². The van der Waals surface area contributed by atoms with Gasteiger partial charge >= 0.3 is 11.9 Å². The summed E-state index contributed by atoms with van der Waals surface area (Å²) >= 11 is 0. The van der Waals surface area contributed by atoms with Crippen LogP contribution in [0.1, 0.15) is 43.5 Å². The number of Topliss-reactive ketones (excluding diaryl/α,β-unsaturated/α-hetero) is 2. The fourth-order valence-corrected chi connectivity index (χ4v) is 9.15. The standard InChI is InChI=1S/C29H32O10/c1-13-16-9-15-10-17(30)21(39-25(35)14-7-5-4-6-8-14)23-28(15)12-38-29(23,26(36)37-3)24(34)20(33)22(28)27(16,2)11-18(31)19(13)32/h4-8,15-16,20-24,32-34H,9-12H2,1-3H3/t15-,16-,20+,21+,22-,23-,24-,27-,28-,29+/m0/s1. The summed E-state index contributed by atoms with van der Waals surface area (Å²) in [5.41, 5.74) is -3.50. The molecule has 1 saturated heterocycles. The number of rotatable bonds is 3. The van der Waals surface area contributed by atoms with Gasteiger partial charge < -0.3 is 29.5 Å². The SMILES string of the molecule is COC(=O)[C@@]12OC[C@@]34[C@H](CC(=O)[C@@H](OC(=O)c5ccccc5)[C@H]13)C[C@H]1C(C)=C(O)C(=O)C[C@]1(C)[C@@H]4[C@@H](O)[C@@H]2O. The van der Waals surface area contributed by atoms with Crippen molar-refractivity contribution in [2.45, 2.75) is 57.0 Å². The lowest BCUT2D eigenvalue weighted by atomic mass is 9.35. The molecule has 1 heterocycles. The van der Waals surface area contributed by atoms with E-state index in [9.17, 15) is 34.5 Å². The fraction of sp³-hybridized carbons (Fsp3) is 0.586. The number of fused-ring (bicyclic) bond motifs is 2. The van der Waals surface area contributed by atoms with E-state index in [1.807, 2.05) is 6.92 Å². The van der Waals surface area contributed by atoms with Crippen molar-refractivity contribution in [3.63, 3.8) is 0 Å². The number of hydrogen-bond acceptors (Lipinski definition) is 10. The zero-order valence-corrected chi connectivity index (χ0v) is 22.0. The summed E-state index contributed by atoms with van der Waals surface area (Å²) in [5, 5.41) is 33.9. The van der Waals surface area contributed by atoms with Crippen LogP contribution in [0.5, 0.6) is 0 Å². The summed E-state index contributed by atoms with van der Waals surface area (Å²) in [6.45, 7) is 3.42. The normalized spacial score (nSPS) is 44.4. The van der Waals surface area contributed by atoms with E-state index < -0.39 is 76.0 Å². The van der Waals surface area contributed by atoms with Crippen molar-refractivity contribution >= 4 is 23.5 Å². The summed E-state index contributed by atoms with van der Waals surface area (Å²) in [5.74, 6) is -5.70. The van der Waals surface area contributed by atoms with E-state index in [0.717, 1.165) is 7.11 Å². The van der Waals surface area contributed by atoms with Crippen LogP contribution in [0.3, 0.4) is 0 Å². The average Bonchev–Trinajstić information content (AvgIpc) is 3.23. The molecular weight excluding hydrogens is 508 g/mol. The maximum absolute atomic E-state index is 13.8. The Balaban J connectivity index is 1.55. The maximum atomic E-state index is 13.8. The van der Waals surface area contributed by atoms with Gasteiger partial charge in [0.05, 0.1) is 31.3 Å². The topological polar surface area (TPSA) is 157 Å². The number of benzene rings is 1. The molecule has 3 N–H and O–H groups in total. The predicted octanol–water partition coefficient (Wildman–Crippen LogP) is 1.53. The lowest BCUT2D eigenvalue weighted by Gasteiger charge is -2.68. The third-order valence-electron chi connectivity index (χ3n) is 10.6. The van der Waals surface area contributed by atoms with Crippen LogP contribution in [0, 0.1) is 34.5 Å². The van der Waals surface area contributed by atoms with Crippen molar-refractivity contribution in [1.82, 2.24) is 0 Å². The molecule has 0 radical (unpaired) electrons. The molecule has 1 aliphatic heterocycles. The van der Waals surface area contributed by atoms with Crippen molar-refractivity contribution in [2.24, 2.45) is 34.5 Å². The second-order valence-corrected chi connectivity index (χ2v) is 12.1. The number of ether oxygens (including phenoxy) is 3. The molecule has 1 spiro atoms. The molecular formula is C29H32O10. The minimum absolute atomic E-state index is 0.0161. The van der Waals surface area contributed by atoms with Crippen LogP contribution in [0.4, 0.5) is 0 Å². The van der Waals surface area contributed by atoms with E-state index in [0.29, 0.717) is 12.0 Å². The number of methoxy groups -OCH3 is 1. The van der Waals surface area contributed by atoms with E-state index in [4.69, 9.17) is 14.2 Å². The number of carbonyl (C=O) groups excluding carboxylic acids is 4. The number of aliphatic hydroxyl groups is 3. The highest BCUT2D eigenvalue weighted by Gasteiger charge is 2.83. The van der Waals surface area contributed by atoms with Gasteiger partial charge in [-0.15, -0.1) is 0 Å². The molecule has 0 aromatic heterocycles. The molecule has 4 fully saturated rings. The number of carbonyl (C=O) groups is 4. The highest BCUT2D eigenvalue weighted by molar-refractivity contribution is 5.96. The van der Waals surface area contributed by atoms with Crippen LogP contribution in [0.15, 0.2) is 41.7 Å². The molecule has 0 amide bonds. The Morgan fingerprint density at radius 2 is 1.79 bits per heavy atom. The monoisotopic (exact) mass is 540 g/mol. The molecule has 10 nitrogen and oxygen atoms in total. The van der Waals surface area contributed by atoms with E-state index in [2.05, 4.69) is 0 Å². The van der Waals surface area contributed by atoms with Crippen molar-refractivity contribution in [3.8, 4) is 0 Å². The van der Waals surface area contributed by atoms with Crippen LogP contribution >= 0.6 is 0 Å². The number of allylic oxidation sites excluding steroid dienone is 2. The van der Waals surface area contributed by atoms with Crippen LogP contribution < -0.4 is 0 Å². The van der Waals surface area contributed by atoms with Crippen molar-refractivity contribution in [1.29, 1.82) is 0 Å². The maximum Gasteiger partial charge on any atom is 0.341 e. The zero-order chi connectivity index (χ0) is 28.1. The Labute approximate surface area is 224 Å². The van der Waals surface area contributed by atoms with Crippen LogP contribution in [-0.2, 0) is 28.6 Å². The van der Waals surface area contributed by atoms with Gasteiger partial charge in [-0.05, 0) is 48.3 Å². The molecule has 2 bridgehead atoms. The molecule has 1 aromatic carbocycles. The van der Waals surface area contributed by atoms with Crippen molar-refractivity contribution in [3.05, 3.63) is 47.2 Å². The second-order valence-electron chi connectivity index (χ2n) is 12.1. The lowest BCUT2D eigenvalue weighted by molar-refractivity contribution is -0.265. The highest BCUT2D eigenvalue weighted by atomic mass is 16.6. The number of ketones is 2. The van der Waals surface area contributed by atoms with Crippen LogP contribution in [0.25, 0.3) is 0 Å². The first-order chi connectivity index (χ1) is 18.4. The first-order valence-electron chi connectivity index (χ1n) is 13.2. The summed E-state index contributed by atoms with van der Waals surface area (Å²) in [6.07, 6.45) is -4.52. The Hall–Kier alpha value is -3.08. The third kappa shape index (κ3) is 3.08. The van der Waals surface area contributed by atoms with E-state index in [1.54, 1.807) is 37.3 Å². The minimum Gasteiger partial charge on any atom is -0.504 e. The zero-order valence-electron chi connectivity index (χ0n) is 22.0.